The van der Waals surface area contributed by atoms with Gasteiger partial charge in [-0.3, -0.25) is 19.2 Å². The van der Waals surface area contributed by atoms with E-state index in [0.29, 0.717) is 30.0 Å². The van der Waals surface area contributed by atoms with Crippen LogP contribution in [0.4, 0.5) is 0 Å². The lowest BCUT2D eigenvalue weighted by atomic mass is 9.82. The van der Waals surface area contributed by atoms with Crippen LogP contribution in [0.1, 0.15) is 77.8 Å². The summed E-state index contributed by atoms with van der Waals surface area (Å²) in [6, 6.07) is 11.0. The lowest BCUT2D eigenvalue weighted by molar-refractivity contribution is -0.153. The predicted molar refractivity (Wildman–Crippen MR) is 172 cm³/mol. The highest BCUT2D eigenvalue weighted by Gasteiger charge is 2.38. The van der Waals surface area contributed by atoms with Gasteiger partial charge in [-0.15, -0.1) is 0 Å². The number of halogens is 2. The third kappa shape index (κ3) is 8.62. The van der Waals surface area contributed by atoms with E-state index < -0.39 is 23.9 Å². The molecule has 0 unspecified atom stereocenters. The molecule has 1 fully saturated rings. The number of ketones is 2. The number of carbonyl (C=O) groups is 5. The predicted octanol–water partition coefficient (Wildman–Crippen LogP) is 6.28. The summed E-state index contributed by atoms with van der Waals surface area (Å²) in [5, 5.41) is 9.80. The van der Waals surface area contributed by atoms with Gasteiger partial charge in [-0.2, -0.15) is 0 Å². The Kier molecular flexibility index (Phi) is 13.1. The quantitative estimate of drug-likeness (QED) is 0.174. The Morgan fingerprint density at radius 3 is 2.09 bits per heavy atom. The summed E-state index contributed by atoms with van der Waals surface area (Å²) in [7, 11) is 1.28. The first-order valence-electron chi connectivity index (χ1n) is 14.6. The minimum Gasteiger partial charge on any atom is -0.480 e. The van der Waals surface area contributed by atoms with E-state index >= 15 is 0 Å². The Morgan fingerprint density at radius 2 is 1.53 bits per heavy atom. The Balaban J connectivity index is 0.000000243. The van der Waals surface area contributed by atoms with Gasteiger partial charge in [0.05, 0.1) is 30.1 Å². The van der Waals surface area contributed by atoms with E-state index in [-0.39, 0.29) is 29.8 Å². The van der Waals surface area contributed by atoms with Crippen molar-refractivity contribution in [2.45, 2.75) is 64.8 Å². The monoisotopic (exact) mass is 719 g/mol. The second kappa shape index (κ2) is 16.3. The van der Waals surface area contributed by atoms with Crippen molar-refractivity contribution < 1.29 is 33.8 Å². The lowest BCUT2D eigenvalue weighted by Gasteiger charge is -2.28. The van der Waals surface area contributed by atoms with E-state index in [9.17, 15) is 24.0 Å². The number of likely N-dealkylation sites (tertiary alicyclic amines) is 1. The van der Waals surface area contributed by atoms with Crippen LogP contribution in [0.5, 0.6) is 0 Å². The summed E-state index contributed by atoms with van der Waals surface area (Å²) >= 11 is 6.49. The van der Waals surface area contributed by atoms with Crippen LogP contribution in [0.3, 0.4) is 0 Å². The lowest BCUT2D eigenvalue weighted by Crippen LogP contribution is -2.45. The largest absolute Gasteiger partial charge is 0.480 e. The summed E-state index contributed by atoms with van der Waals surface area (Å²) in [5.41, 5.74) is 6.38. The average molecular weight is 721 g/mol. The molecule has 0 bridgehead atoms. The van der Waals surface area contributed by atoms with Gasteiger partial charge in [0.1, 0.15) is 6.04 Å². The standard InChI is InChI=1S/C20H18Br2O2.C13H21NO5/c21-11-19(23)14-7-5-13(6-8-14)15-9-10-18(20(24)12-22)17-4-2-1-3-16(15)17;1-8(2)9(7-11(15)19-3)12(16)14-6-4-5-10(14)13(17)18/h5-10H,1-4,11-12H2;8-10H,4-7H2,1-3H3,(H,17,18)/t;9-,10-/m.0/s1. The average Bonchev–Trinajstić information content (AvgIpc) is 3.53. The number of amides is 1. The van der Waals surface area contributed by atoms with E-state index in [4.69, 9.17) is 5.11 Å². The number of benzene rings is 2. The van der Waals surface area contributed by atoms with Gasteiger partial charge in [0, 0.05) is 17.7 Å². The number of methoxy groups -OCH3 is 1. The van der Waals surface area contributed by atoms with Gasteiger partial charge in [0.15, 0.2) is 11.6 Å². The number of nitrogens with zero attached hydrogens (tertiary/aromatic N) is 1. The molecule has 2 aliphatic rings. The summed E-state index contributed by atoms with van der Waals surface area (Å²) in [4.78, 5) is 60.2. The van der Waals surface area contributed by atoms with E-state index in [0.717, 1.165) is 42.4 Å². The Bertz CT molecular complexity index is 1340. The van der Waals surface area contributed by atoms with Crippen molar-refractivity contribution in [3.8, 4) is 11.1 Å². The van der Waals surface area contributed by atoms with E-state index in [1.54, 1.807) is 0 Å². The van der Waals surface area contributed by atoms with Gasteiger partial charge in [-0.05, 0) is 66.7 Å². The Morgan fingerprint density at radius 1 is 0.907 bits per heavy atom. The zero-order valence-electron chi connectivity index (χ0n) is 24.9. The molecule has 0 saturated carbocycles. The van der Waals surface area contributed by atoms with Gasteiger partial charge in [0.2, 0.25) is 5.91 Å². The first kappa shape index (κ1) is 34.6. The molecule has 2 atom stereocenters. The summed E-state index contributed by atoms with van der Waals surface area (Å²) in [6.45, 7) is 4.13. The van der Waals surface area contributed by atoms with Gasteiger partial charge < -0.3 is 14.7 Å². The molecular formula is C33H39Br2NO7. The van der Waals surface area contributed by atoms with Crippen LogP contribution in [0.2, 0.25) is 0 Å². The molecule has 10 heteroatoms. The Labute approximate surface area is 269 Å². The molecule has 8 nitrogen and oxygen atoms in total. The minimum absolute atomic E-state index is 0.00413. The molecule has 0 aromatic heterocycles. The van der Waals surface area contributed by atoms with Gasteiger partial charge in [-0.25, -0.2) is 4.79 Å². The van der Waals surface area contributed by atoms with Gasteiger partial charge in [-0.1, -0.05) is 82.1 Å². The number of carboxylic acids is 1. The molecular weight excluding hydrogens is 682 g/mol. The molecule has 43 heavy (non-hydrogen) atoms. The smallest absolute Gasteiger partial charge is 0.326 e. The molecule has 4 rings (SSSR count). The van der Waals surface area contributed by atoms with Gasteiger partial charge in [0.25, 0.3) is 0 Å². The van der Waals surface area contributed by atoms with E-state index in [2.05, 4.69) is 42.7 Å². The second-order valence-corrected chi connectivity index (χ2v) is 12.3. The number of ether oxygens (including phenoxy) is 1. The fraction of sp³-hybridized carbons (Fsp3) is 0.485. The van der Waals surface area contributed by atoms with Crippen molar-refractivity contribution in [3.63, 3.8) is 0 Å². The van der Waals surface area contributed by atoms with Crippen LogP contribution < -0.4 is 0 Å². The number of Topliss-reactive ketones (excluding diaryl/α,β-unsaturated/α-hetero) is 2. The van der Waals surface area contributed by atoms with E-state index in [1.165, 1.54) is 28.7 Å². The first-order valence-corrected chi connectivity index (χ1v) is 16.8. The highest BCUT2D eigenvalue weighted by molar-refractivity contribution is 9.09. The maximum Gasteiger partial charge on any atom is 0.326 e. The van der Waals surface area contributed by atoms with Crippen molar-refractivity contribution in [1.29, 1.82) is 0 Å². The van der Waals surface area contributed by atoms with Crippen LogP contribution in [0, 0.1) is 11.8 Å². The molecule has 2 aromatic carbocycles. The number of hydrogen-bond donors (Lipinski definition) is 1. The Hall–Kier alpha value is -2.85. The molecule has 1 amide bonds. The fourth-order valence-electron chi connectivity index (χ4n) is 5.76. The van der Waals surface area contributed by atoms with Crippen LogP contribution >= 0.6 is 31.9 Å². The molecule has 1 heterocycles. The minimum atomic E-state index is -0.980. The van der Waals surface area contributed by atoms with Crippen molar-refractivity contribution in [1.82, 2.24) is 4.90 Å². The number of fused-ring (bicyclic) bond motifs is 1. The molecule has 1 N–H and O–H groups in total. The number of rotatable bonds is 10. The second-order valence-electron chi connectivity index (χ2n) is 11.2. The van der Waals surface area contributed by atoms with Crippen LogP contribution in [-0.2, 0) is 32.0 Å². The third-order valence-corrected chi connectivity index (χ3v) is 9.17. The highest BCUT2D eigenvalue weighted by atomic mass is 79.9. The zero-order chi connectivity index (χ0) is 31.7. The number of aliphatic carboxylic acids is 1. The summed E-state index contributed by atoms with van der Waals surface area (Å²) in [5.74, 6) is -2.01. The molecule has 1 saturated heterocycles. The highest BCUT2D eigenvalue weighted by Crippen LogP contribution is 2.34. The topological polar surface area (TPSA) is 118 Å². The SMILES string of the molecule is COC(=O)C[C@H](C(=O)N1CCC[C@H]1C(=O)O)C(C)C.O=C(CBr)c1ccc(-c2ccc(C(=O)CBr)c3c2CCCC3)cc1. The third-order valence-electron chi connectivity index (χ3n) is 8.15. The number of hydrogen-bond acceptors (Lipinski definition) is 6. The van der Waals surface area contributed by atoms with Crippen molar-refractivity contribution in [2.75, 3.05) is 24.3 Å². The van der Waals surface area contributed by atoms with Crippen molar-refractivity contribution >= 4 is 61.3 Å². The van der Waals surface area contributed by atoms with Gasteiger partial charge >= 0.3 is 11.9 Å². The number of alkyl halides is 2. The number of esters is 1. The first-order chi connectivity index (χ1) is 20.5. The maximum atomic E-state index is 12.4. The van der Waals surface area contributed by atoms with E-state index in [1.807, 2.05) is 44.2 Å². The van der Waals surface area contributed by atoms with Crippen molar-refractivity contribution in [3.05, 3.63) is 58.7 Å². The summed E-state index contributed by atoms with van der Waals surface area (Å²) < 4.78 is 4.59. The van der Waals surface area contributed by atoms with Crippen LogP contribution in [0.15, 0.2) is 36.4 Å². The molecule has 0 radical (unpaired) electrons. The van der Waals surface area contributed by atoms with Crippen LogP contribution in [-0.4, -0.2) is 69.8 Å². The molecule has 2 aromatic rings. The number of carboxylic acid groups (broad SMARTS) is 1. The summed E-state index contributed by atoms with van der Waals surface area (Å²) in [6.07, 6.45) is 5.43. The zero-order valence-corrected chi connectivity index (χ0v) is 28.0. The fourth-order valence-corrected chi connectivity index (χ4v) is 6.38. The number of carbonyl (C=O) groups excluding carboxylic acids is 4. The molecule has 1 aliphatic carbocycles. The van der Waals surface area contributed by atoms with Crippen molar-refractivity contribution in [2.24, 2.45) is 11.8 Å². The normalized spacial score (nSPS) is 16.5. The molecule has 232 valence electrons. The molecule has 1 aliphatic heterocycles. The van der Waals surface area contributed by atoms with Crippen LogP contribution in [0.25, 0.3) is 11.1 Å². The maximum absolute atomic E-state index is 12.4. The molecule has 0 spiro atoms.